The Balaban J connectivity index is 1.02. The Morgan fingerprint density at radius 3 is 3.02 bits per heavy atom. The molecule has 0 radical (unpaired) electrons. The Labute approximate surface area is 243 Å². The van der Waals surface area contributed by atoms with Gasteiger partial charge in [0.1, 0.15) is 12.4 Å². The largest absolute Gasteiger partial charge is 0.445 e. The Morgan fingerprint density at radius 1 is 1.22 bits per heavy atom. The predicted octanol–water partition coefficient (Wildman–Crippen LogP) is 3.84. The molecule has 2 aliphatic rings. The number of ether oxygens (including phenoxy) is 2. The van der Waals surface area contributed by atoms with Crippen LogP contribution in [0.15, 0.2) is 47.7 Å². The number of morpholine rings is 1. The van der Waals surface area contributed by atoms with Crippen LogP contribution in [-0.4, -0.2) is 80.7 Å². The lowest BCUT2D eigenvalue weighted by Crippen LogP contribution is -2.42. The number of hydrogen-bond donors (Lipinski definition) is 2. The first-order valence-corrected chi connectivity index (χ1v) is 15.1. The maximum absolute atomic E-state index is 12.4. The molecule has 4 aromatic heterocycles. The zero-order valence-corrected chi connectivity index (χ0v) is 23.6. The molecule has 208 valence electrons. The Kier molecular flexibility index (Phi) is 7.20. The Morgan fingerprint density at radius 2 is 2.15 bits per heavy atom. The summed E-state index contributed by atoms with van der Waals surface area (Å²) in [5.74, 6) is 7.30. The van der Waals surface area contributed by atoms with Crippen LogP contribution in [-0.2, 0) is 16.0 Å². The summed E-state index contributed by atoms with van der Waals surface area (Å²) >= 11 is 3.13. The number of fused-ring (bicyclic) bond motifs is 2. The van der Waals surface area contributed by atoms with Crippen LogP contribution in [0.25, 0.3) is 21.1 Å². The van der Waals surface area contributed by atoms with Crippen LogP contribution < -0.4 is 10.6 Å². The van der Waals surface area contributed by atoms with Crippen molar-refractivity contribution < 1.29 is 14.3 Å². The standard InChI is InChI=1S/C28H26N8O3S2/c37-28(35-5-7-38-8-6-35)39-22-10-19(29-13-22)1-3-23-11-24-26(41-23)27(31-16-30-24)34-20-2-4-25-18(9-20)12-33-36(25)14-21-15-40-17-32-21/h2,4,9,11-12,15-17,19,22,29H,5-8,10,13-14H2,(H,30,31,34)/t19-,22-/m1/s1. The minimum absolute atomic E-state index is 0.0467. The summed E-state index contributed by atoms with van der Waals surface area (Å²) in [6, 6.07) is 8.08. The van der Waals surface area contributed by atoms with Crippen LogP contribution in [0.2, 0.25) is 0 Å². The monoisotopic (exact) mass is 586 g/mol. The molecule has 1 amide bonds. The first-order valence-electron chi connectivity index (χ1n) is 13.3. The molecule has 2 N–H and O–H groups in total. The van der Waals surface area contributed by atoms with E-state index < -0.39 is 0 Å². The minimum atomic E-state index is -0.277. The molecule has 11 nitrogen and oxygen atoms in total. The van der Waals surface area contributed by atoms with E-state index in [1.165, 1.54) is 0 Å². The summed E-state index contributed by atoms with van der Waals surface area (Å²) in [7, 11) is 0. The second kappa shape index (κ2) is 11.4. The second-order valence-corrected chi connectivity index (χ2v) is 11.6. The summed E-state index contributed by atoms with van der Waals surface area (Å²) in [6.07, 6.45) is 3.62. The van der Waals surface area contributed by atoms with Gasteiger partial charge in [-0.25, -0.2) is 19.7 Å². The molecule has 13 heteroatoms. The molecule has 0 spiro atoms. The van der Waals surface area contributed by atoms with Crippen molar-refractivity contribution in [3.05, 3.63) is 58.3 Å². The van der Waals surface area contributed by atoms with Crippen molar-refractivity contribution in [1.82, 2.24) is 34.9 Å². The molecule has 6 heterocycles. The quantitative estimate of drug-likeness (QED) is 0.296. The molecule has 2 saturated heterocycles. The van der Waals surface area contributed by atoms with E-state index >= 15 is 0 Å². The first-order chi connectivity index (χ1) is 20.2. The van der Waals surface area contributed by atoms with E-state index in [1.54, 1.807) is 33.9 Å². The molecule has 2 fully saturated rings. The summed E-state index contributed by atoms with van der Waals surface area (Å²) in [6.45, 7) is 3.48. The lowest BCUT2D eigenvalue weighted by Gasteiger charge is -2.27. The Bertz CT molecular complexity index is 1750. The molecule has 7 rings (SSSR count). The van der Waals surface area contributed by atoms with Crippen molar-refractivity contribution in [3.8, 4) is 11.8 Å². The van der Waals surface area contributed by atoms with Gasteiger partial charge in [0.2, 0.25) is 0 Å². The van der Waals surface area contributed by atoms with Crippen LogP contribution in [0.1, 0.15) is 17.0 Å². The van der Waals surface area contributed by atoms with Crippen LogP contribution in [0.5, 0.6) is 0 Å². The van der Waals surface area contributed by atoms with Gasteiger partial charge in [-0.15, -0.1) is 22.7 Å². The molecule has 1 aromatic carbocycles. The zero-order valence-electron chi connectivity index (χ0n) is 21.9. The highest BCUT2D eigenvalue weighted by Crippen LogP contribution is 2.31. The van der Waals surface area contributed by atoms with Gasteiger partial charge in [-0.3, -0.25) is 10.00 Å². The summed E-state index contributed by atoms with van der Waals surface area (Å²) < 4.78 is 13.9. The predicted molar refractivity (Wildman–Crippen MR) is 158 cm³/mol. The molecule has 0 aliphatic carbocycles. The van der Waals surface area contributed by atoms with Crippen molar-refractivity contribution >= 4 is 61.4 Å². The van der Waals surface area contributed by atoms with Gasteiger partial charge in [-0.1, -0.05) is 11.8 Å². The van der Waals surface area contributed by atoms with Gasteiger partial charge < -0.3 is 19.7 Å². The second-order valence-electron chi connectivity index (χ2n) is 9.80. The lowest BCUT2D eigenvalue weighted by molar-refractivity contribution is 0.0156. The maximum atomic E-state index is 12.4. The number of aromatic nitrogens is 5. The van der Waals surface area contributed by atoms with Gasteiger partial charge in [-0.05, 0) is 24.3 Å². The van der Waals surface area contributed by atoms with E-state index in [4.69, 9.17) is 9.47 Å². The van der Waals surface area contributed by atoms with E-state index in [9.17, 15) is 4.79 Å². The van der Waals surface area contributed by atoms with Crippen molar-refractivity contribution in [2.24, 2.45) is 0 Å². The third-order valence-electron chi connectivity index (χ3n) is 7.01. The van der Waals surface area contributed by atoms with Gasteiger partial charge in [0.15, 0.2) is 5.82 Å². The summed E-state index contributed by atoms with van der Waals surface area (Å²) in [5.41, 5.74) is 5.63. The normalized spacial score (nSPS) is 18.9. The van der Waals surface area contributed by atoms with Crippen molar-refractivity contribution in [3.63, 3.8) is 0 Å². The highest BCUT2D eigenvalue weighted by molar-refractivity contribution is 7.20. The van der Waals surface area contributed by atoms with E-state index in [1.807, 2.05) is 33.9 Å². The number of benzene rings is 1. The number of thiophene rings is 1. The number of anilines is 2. The zero-order chi connectivity index (χ0) is 27.6. The number of hydrogen-bond acceptors (Lipinski definition) is 11. The van der Waals surface area contributed by atoms with Gasteiger partial charge in [0.25, 0.3) is 0 Å². The van der Waals surface area contributed by atoms with Crippen LogP contribution in [0.4, 0.5) is 16.3 Å². The fourth-order valence-corrected chi connectivity index (χ4v) is 6.39. The highest BCUT2D eigenvalue weighted by atomic mass is 32.1. The van der Waals surface area contributed by atoms with E-state index in [2.05, 4.69) is 54.7 Å². The molecular weight excluding hydrogens is 560 g/mol. The number of carbonyl (C=O) groups excluding carboxylic acids is 1. The lowest BCUT2D eigenvalue weighted by atomic mass is 10.2. The summed E-state index contributed by atoms with van der Waals surface area (Å²) in [5, 5.41) is 14.4. The fraction of sp³-hybridized carbons (Fsp3) is 0.321. The summed E-state index contributed by atoms with van der Waals surface area (Å²) in [4.78, 5) is 28.3. The van der Waals surface area contributed by atoms with E-state index in [0.29, 0.717) is 45.8 Å². The number of nitrogens with zero attached hydrogens (tertiary/aromatic N) is 6. The minimum Gasteiger partial charge on any atom is -0.445 e. The van der Waals surface area contributed by atoms with E-state index in [-0.39, 0.29) is 18.2 Å². The van der Waals surface area contributed by atoms with Crippen LogP contribution in [0.3, 0.4) is 0 Å². The van der Waals surface area contributed by atoms with Gasteiger partial charge in [0.05, 0.1) is 63.8 Å². The molecule has 5 aromatic rings. The number of thiazole rings is 1. The maximum Gasteiger partial charge on any atom is 0.410 e. The van der Waals surface area contributed by atoms with Crippen LogP contribution in [0, 0.1) is 11.8 Å². The molecule has 0 bridgehead atoms. The van der Waals surface area contributed by atoms with E-state index in [0.717, 1.165) is 43.2 Å². The average Bonchev–Trinajstić information content (AvgIpc) is 3.81. The molecule has 41 heavy (non-hydrogen) atoms. The number of amides is 1. The Hall–Kier alpha value is -4.09. The SMILES string of the molecule is O=C(O[C@H]1CN[C@H](C#Cc2cc3ncnc(Nc4ccc5c(cnn5Cc5cscn5)c4)c3s2)C1)N1CCOCC1. The molecule has 0 unspecified atom stereocenters. The number of rotatable bonds is 5. The number of nitrogens with one attached hydrogen (secondary N) is 2. The van der Waals surface area contributed by atoms with Crippen molar-refractivity contribution in [2.75, 3.05) is 38.2 Å². The number of carbonyl (C=O) groups is 1. The molecule has 2 atom stereocenters. The van der Waals surface area contributed by atoms with Crippen LogP contribution >= 0.6 is 22.7 Å². The van der Waals surface area contributed by atoms with Gasteiger partial charge >= 0.3 is 6.09 Å². The molecule has 0 saturated carbocycles. The smallest absolute Gasteiger partial charge is 0.410 e. The average molecular weight is 587 g/mol. The van der Waals surface area contributed by atoms with Crippen molar-refractivity contribution in [2.45, 2.75) is 25.1 Å². The van der Waals surface area contributed by atoms with Crippen molar-refractivity contribution in [1.29, 1.82) is 0 Å². The molecular formula is C28H26N8O3S2. The molecule has 2 aliphatic heterocycles. The third kappa shape index (κ3) is 5.73. The van der Waals surface area contributed by atoms with Gasteiger partial charge in [0, 0.05) is 42.5 Å². The topological polar surface area (TPSA) is 119 Å². The van der Waals surface area contributed by atoms with Gasteiger partial charge in [-0.2, -0.15) is 5.10 Å². The first kappa shape index (κ1) is 25.8. The third-order valence-corrected chi connectivity index (χ3v) is 8.69. The fourth-order valence-electron chi connectivity index (χ4n) is 4.93. The highest BCUT2D eigenvalue weighted by Gasteiger charge is 2.28.